The molecule has 152 valence electrons. The highest BCUT2D eigenvalue weighted by Crippen LogP contribution is 2.51. The van der Waals surface area contributed by atoms with Crippen LogP contribution in [0.15, 0.2) is 11.8 Å². The lowest BCUT2D eigenvalue weighted by Crippen LogP contribution is -2.48. The second kappa shape index (κ2) is 10.3. The lowest BCUT2D eigenvalue weighted by molar-refractivity contribution is -0.307. The van der Waals surface area contributed by atoms with E-state index >= 15 is 0 Å². The zero-order valence-corrected chi connectivity index (χ0v) is 16.7. The molecular formula is C18H27N2O6S-. The first-order chi connectivity index (χ1) is 12.5. The minimum atomic E-state index is -1.32. The number of carbonyl (C=O) groups is 4. The number of rotatable bonds is 12. The Hall–Kier alpha value is -2.03. The summed E-state index contributed by atoms with van der Waals surface area (Å²) in [5.74, 6) is -2.42. The Morgan fingerprint density at radius 1 is 1.30 bits per heavy atom. The van der Waals surface area contributed by atoms with E-state index in [1.54, 1.807) is 0 Å². The molecule has 9 heteroatoms. The van der Waals surface area contributed by atoms with Crippen molar-refractivity contribution >= 4 is 35.5 Å². The number of thioether (sulfide) groups is 1. The van der Waals surface area contributed by atoms with Crippen LogP contribution >= 0.6 is 11.8 Å². The van der Waals surface area contributed by atoms with Crippen molar-refractivity contribution in [3.05, 3.63) is 11.8 Å². The first-order valence-electron chi connectivity index (χ1n) is 8.84. The zero-order chi connectivity index (χ0) is 20.6. The molecule has 0 aromatic carbocycles. The second-order valence-corrected chi connectivity index (χ2v) is 8.45. The molecule has 1 aliphatic carbocycles. The van der Waals surface area contributed by atoms with Gasteiger partial charge in [-0.2, -0.15) is 11.8 Å². The van der Waals surface area contributed by atoms with Crippen LogP contribution in [0, 0.1) is 11.3 Å². The van der Waals surface area contributed by atoms with Gasteiger partial charge in [-0.1, -0.05) is 19.9 Å². The van der Waals surface area contributed by atoms with Crippen molar-refractivity contribution in [2.24, 2.45) is 11.3 Å². The molecule has 0 spiro atoms. The largest absolute Gasteiger partial charge is 0.548 e. The fraction of sp³-hybridized carbons (Fsp3) is 0.667. The Morgan fingerprint density at radius 2 is 1.93 bits per heavy atom. The smallest absolute Gasteiger partial charge is 0.352 e. The average Bonchev–Trinajstić information content (AvgIpc) is 3.19. The maximum Gasteiger partial charge on any atom is 0.352 e. The number of hydrogen-bond donors (Lipinski definition) is 3. The fourth-order valence-corrected chi connectivity index (χ4v) is 3.57. The molecular weight excluding hydrogens is 372 g/mol. The number of carboxylic acids is 2. The van der Waals surface area contributed by atoms with Gasteiger partial charge in [0.2, 0.25) is 11.8 Å². The van der Waals surface area contributed by atoms with Crippen molar-refractivity contribution in [1.82, 2.24) is 10.6 Å². The second-order valence-electron chi connectivity index (χ2n) is 7.30. The van der Waals surface area contributed by atoms with Crippen LogP contribution in [-0.4, -0.2) is 46.4 Å². The molecule has 0 aromatic rings. The monoisotopic (exact) mass is 399 g/mol. The molecule has 1 aliphatic rings. The van der Waals surface area contributed by atoms with Gasteiger partial charge >= 0.3 is 5.97 Å². The number of amides is 2. The van der Waals surface area contributed by atoms with Crippen LogP contribution in [-0.2, 0) is 19.2 Å². The molecule has 0 radical (unpaired) electrons. The van der Waals surface area contributed by atoms with Crippen molar-refractivity contribution in [2.75, 3.05) is 11.5 Å². The molecule has 0 aliphatic heterocycles. The van der Waals surface area contributed by atoms with Gasteiger partial charge in [0.25, 0.3) is 0 Å². The first kappa shape index (κ1) is 23.0. The quantitative estimate of drug-likeness (QED) is 0.317. The number of hydrogen-bond acceptors (Lipinski definition) is 6. The number of unbranched alkanes of at least 4 members (excludes halogenated alkanes) is 2. The van der Waals surface area contributed by atoms with Crippen molar-refractivity contribution in [1.29, 1.82) is 0 Å². The highest BCUT2D eigenvalue weighted by atomic mass is 32.2. The van der Waals surface area contributed by atoms with Crippen LogP contribution in [0.2, 0.25) is 0 Å². The van der Waals surface area contributed by atoms with Crippen molar-refractivity contribution in [2.45, 2.75) is 52.5 Å². The zero-order valence-electron chi connectivity index (χ0n) is 15.9. The predicted molar refractivity (Wildman–Crippen MR) is 99.5 cm³/mol. The molecule has 1 saturated carbocycles. The number of aliphatic carboxylic acids is 2. The van der Waals surface area contributed by atoms with Crippen molar-refractivity contribution < 1.29 is 29.4 Å². The Bertz CT molecular complexity index is 617. The highest BCUT2D eigenvalue weighted by Gasteiger charge is 2.50. The van der Waals surface area contributed by atoms with Crippen LogP contribution in [0.5, 0.6) is 0 Å². The van der Waals surface area contributed by atoms with E-state index in [4.69, 9.17) is 0 Å². The minimum Gasteiger partial charge on any atom is -0.548 e. The lowest BCUT2D eigenvalue weighted by Gasteiger charge is -2.18. The Balaban J connectivity index is 2.28. The average molecular weight is 399 g/mol. The minimum absolute atomic E-state index is 0.0640. The Labute approximate surface area is 163 Å². The third-order valence-electron chi connectivity index (χ3n) is 4.36. The van der Waals surface area contributed by atoms with E-state index in [-0.39, 0.29) is 28.7 Å². The lowest BCUT2D eigenvalue weighted by atomic mass is 10.1. The van der Waals surface area contributed by atoms with Crippen LogP contribution in [0.3, 0.4) is 0 Å². The van der Waals surface area contributed by atoms with Gasteiger partial charge in [-0.25, -0.2) is 4.79 Å². The number of carboxylic acid groups (broad SMARTS) is 2. The van der Waals surface area contributed by atoms with E-state index in [0.717, 1.165) is 12.8 Å². The van der Waals surface area contributed by atoms with Gasteiger partial charge in [0.05, 0.1) is 12.0 Å². The molecule has 2 amide bonds. The standard InChI is InChI=1S/C18H28N2O6S/c1-11(21)19-14(17(25)26)10-27-8-6-4-5-7-13(16(23)24)20-15(22)12-9-18(12,2)3/h7,12,14H,4-6,8-10H2,1-3H3,(H,19,21)(H,20,22)(H,23,24)(H,25,26)/p-1/b13-7-/t12-,14?/m1/s1. The molecule has 2 atom stereocenters. The highest BCUT2D eigenvalue weighted by molar-refractivity contribution is 7.99. The van der Waals surface area contributed by atoms with E-state index in [1.165, 1.54) is 24.8 Å². The van der Waals surface area contributed by atoms with E-state index < -0.39 is 23.9 Å². The van der Waals surface area contributed by atoms with Gasteiger partial charge < -0.3 is 25.6 Å². The van der Waals surface area contributed by atoms with Gasteiger partial charge in [0.1, 0.15) is 5.70 Å². The summed E-state index contributed by atoms with van der Waals surface area (Å²) in [6.45, 7) is 5.18. The van der Waals surface area contributed by atoms with E-state index in [1.807, 2.05) is 13.8 Å². The SMILES string of the molecule is CC(=O)NC(CSCCCC/C=C(\NC(=O)[C@H]1CC1(C)C)C(=O)O)C(=O)[O-]. The molecule has 3 N–H and O–H groups in total. The van der Waals surface area contributed by atoms with Gasteiger partial charge in [-0.05, 0) is 36.9 Å². The molecule has 0 heterocycles. The molecule has 0 aromatic heterocycles. The summed E-state index contributed by atoms with van der Waals surface area (Å²) < 4.78 is 0. The summed E-state index contributed by atoms with van der Waals surface area (Å²) in [5.41, 5.74) is -0.163. The van der Waals surface area contributed by atoms with Gasteiger partial charge in [0.15, 0.2) is 0 Å². The maximum absolute atomic E-state index is 12.0. The molecule has 0 bridgehead atoms. The Kier molecular flexibility index (Phi) is 8.81. The predicted octanol–water partition coefficient (Wildman–Crippen LogP) is 0.275. The maximum atomic E-state index is 12.0. The summed E-state index contributed by atoms with van der Waals surface area (Å²) in [4.78, 5) is 45.0. The molecule has 0 saturated heterocycles. The van der Waals surface area contributed by atoms with Crippen LogP contribution in [0.25, 0.3) is 0 Å². The molecule has 8 nitrogen and oxygen atoms in total. The molecule has 1 unspecified atom stereocenters. The van der Waals surface area contributed by atoms with E-state index in [2.05, 4.69) is 10.6 Å². The Morgan fingerprint density at radius 3 is 2.41 bits per heavy atom. The third-order valence-corrected chi connectivity index (χ3v) is 5.50. The number of allylic oxidation sites excluding steroid dienone is 1. The third kappa shape index (κ3) is 8.47. The summed E-state index contributed by atoms with van der Waals surface area (Å²) in [7, 11) is 0. The fourth-order valence-electron chi connectivity index (χ4n) is 2.54. The van der Waals surface area contributed by atoms with Gasteiger partial charge in [0, 0.05) is 18.6 Å². The van der Waals surface area contributed by atoms with Crippen molar-refractivity contribution in [3.8, 4) is 0 Å². The van der Waals surface area contributed by atoms with Crippen LogP contribution < -0.4 is 15.7 Å². The first-order valence-corrected chi connectivity index (χ1v) is 10.00. The molecule has 1 fully saturated rings. The van der Waals surface area contributed by atoms with Crippen LogP contribution in [0.4, 0.5) is 0 Å². The summed E-state index contributed by atoms with van der Waals surface area (Å²) in [5, 5.41) is 24.9. The number of carbonyl (C=O) groups excluding carboxylic acids is 3. The van der Waals surface area contributed by atoms with Crippen LogP contribution in [0.1, 0.15) is 46.5 Å². The summed E-state index contributed by atoms with van der Waals surface area (Å²) in [6.07, 6.45) is 4.20. The summed E-state index contributed by atoms with van der Waals surface area (Å²) >= 11 is 1.38. The van der Waals surface area contributed by atoms with Crippen molar-refractivity contribution in [3.63, 3.8) is 0 Å². The summed E-state index contributed by atoms with van der Waals surface area (Å²) in [6, 6.07) is -1.02. The number of nitrogens with one attached hydrogen (secondary N) is 2. The van der Waals surface area contributed by atoms with Gasteiger partial charge in [-0.3, -0.25) is 9.59 Å². The topological polar surface area (TPSA) is 136 Å². The molecule has 1 rings (SSSR count). The molecule has 27 heavy (non-hydrogen) atoms. The van der Waals surface area contributed by atoms with E-state index in [0.29, 0.717) is 18.6 Å². The van der Waals surface area contributed by atoms with Gasteiger partial charge in [-0.15, -0.1) is 0 Å². The van der Waals surface area contributed by atoms with E-state index in [9.17, 15) is 29.4 Å². The normalized spacial score (nSPS) is 19.1.